The molecule has 1 fully saturated rings. The van der Waals surface area contributed by atoms with Gasteiger partial charge in [0.25, 0.3) is 0 Å². The standard InChI is InChI=1S/C18H19FN2O2/c19-14-3-9-17(10-4-14)23-13-11-20-15-5-7-16(8-6-15)21-12-1-2-18(21)22/h3-10,20H,1-2,11-13H2. The summed E-state index contributed by atoms with van der Waals surface area (Å²) in [6.45, 7) is 1.93. The van der Waals surface area contributed by atoms with Gasteiger partial charge in [0.2, 0.25) is 5.91 Å². The topological polar surface area (TPSA) is 41.6 Å². The largest absolute Gasteiger partial charge is 0.492 e. The summed E-state index contributed by atoms with van der Waals surface area (Å²) in [7, 11) is 0. The lowest BCUT2D eigenvalue weighted by Crippen LogP contribution is -2.23. The third-order valence-electron chi connectivity index (χ3n) is 3.77. The van der Waals surface area contributed by atoms with Gasteiger partial charge in [0.1, 0.15) is 18.2 Å². The number of hydrogen-bond acceptors (Lipinski definition) is 3. The van der Waals surface area contributed by atoms with E-state index in [-0.39, 0.29) is 11.7 Å². The fraction of sp³-hybridized carbons (Fsp3) is 0.278. The van der Waals surface area contributed by atoms with Gasteiger partial charge in [-0.05, 0) is 55.0 Å². The monoisotopic (exact) mass is 314 g/mol. The van der Waals surface area contributed by atoms with Gasteiger partial charge in [-0.3, -0.25) is 4.79 Å². The Morgan fingerprint density at radius 1 is 1.09 bits per heavy atom. The molecule has 0 aliphatic carbocycles. The molecule has 1 aliphatic heterocycles. The molecule has 0 spiro atoms. The molecule has 0 radical (unpaired) electrons. The molecular weight excluding hydrogens is 295 g/mol. The van der Waals surface area contributed by atoms with Gasteiger partial charge in [-0.1, -0.05) is 0 Å². The van der Waals surface area contributed by atoms with Crippen molar-refractivity contribution in [2.45, 2.75) is 12.8 Å². The minimum Gasteiger partial charge on any atom is -0.492 e. The molecule has 0 aromatic heterocycles. The van der Waals surface area contributed by atoms with Crippen LogP contribution in [0, 0.1) is 5.82 Å². The number of carbonyl (C=O) groups excluding carboxylic acids is 1. The molecule has 4 nitrogen and oxygen atoms in total. The van der Waals surface area contributed by atoms with E-state index in [1.165, 1.54) is 12.1 Å². The Kier molecular flexibility index (Phi) is 4.76. The molecule has 5 heteroatoms. The first-order valence-electron chi connectivity index (χ1n) is 7.75. The molecule has 0 unspecified atom stereocenters. The number of nitrogens with one attached hydrogen (secondary N) is 1. The van der Waals surface area contributed by atoms with Crippen molar-refractivity contribution in [2.75, 3.05) is 29.9 Å². The smallest absolute Gasteiger partial charge is 0.227 e. The van der Waals surface area contributed by atoms with Crippen molar-refractivity contribution >= 4 is 17.3 Å². The number of halogens is 1. The Hall–Kier alpha value is -2.56. The molecule has 1 aliphatic rings. The maximum absolute atomic E-state index is 12.8. The molecule has 0 bridgehead atoms. The zero-order valence-corrected chi connectivity index (χ0v) is 12.8. The van der Waals surface area contributed by atoms with Crippen molar-refractivity contribution in [2.24, 2.45) is 0 Å². The van der Waals surface area contributed by atoms with Gasteiger partial charge < -0.3 is 15.0 Å². The van der Waals surface area contributed by atoms with Crippen molar-refractivity contribution < 1.29 is 13.9 Å². The van der Waals surface area contributed by atoms with Crippen LogP contribution in [-0.2, 0) is 4.79 Å². The fourth-order valence-electron chi connectivity index (χ4n) is 2.58. The van der Waals surface area contributed by atoms with Crippen LogP contribution in [0.2, 0.25) is 0 Å². The van der Waals surface area contributed by atoms with Crippen LogP contribution in [-0.4, -0.2) is 25.6 Å². The average molecular weight is 314 g/mol. The highest BCUT2D eigenvalue weighted by atomic mass is 19.1. The molecule has 1 N–H and O–H groups in total. The number of rotatable bonds is 6. The molecular formula is C18H19FN2O2. The highest BCUT2D eigenvalue weighted by Gasteiger charge is 2.21. The van der Waals surface area contributed by atoms with E-state index in [0.717, 1.165) is 24.3 Å². The Bertz CT molecular complexity index is 656. The van der Waals surface area contributed by atoms with Crippen LogP contribution < -0.4 is 15.0 Å². The summed E-state index contributed by atoms with van der Waals surface area (Å²) in [4.78, 5) is 13.5. The van der Waals surface area contributed by atoms with Crippen LogP contribution in [0.1, 0.15) is 12.8 Å². The number of ether oxygens (including phenoxy) is 1. The Labute approximate surface area is 134 Å². The van der Waals surface area contributed by atoms with Crippen LogP contribution >= 0.6 is 0 Å². The highest BCUT2D eigenvalue weighted by molar-refractivity contribution is 5.95. The lowest BCUT2D eigenvalue weighted by molar-refractivity contribution is -0.117. The van der Waals surface area contributed by atoms with E-state index in [2.05, 4.69) is 5.32 Å². The van der Waals surface area contributed by atoms with Crippen molar-refractivity contribution in [3.05, 3.63) is 54.3 Å². The normalized spacial score (nSPS) is 14.1. The van der Waals surface area contributed by atoms with Crippen LogP contribution in [0.3, 0.4) is 0 Å². The van der Waals surface area contributed by atoms with Crippen LogP contribution in [0.5, 0.6) is 5.75 Å². The second kappa shape index (κ2) is 7.13. The molecule has 1 saturated heterocycles. The summed E-state index contributed by atoms with van der Waals surface area (Å²) in [5.74, 6) is 0.571. The zero-order valence-electron chi connectivity index (χ0n) is 12.8. The second-order valence-electron chi connectivity index (χ2n) is 5.42. The summed E-state index contributed by atoms with van der Waals surface area (Å²) in [6.07, 6.45) is 1.57. The number of hydrogen-bond donors (Lipinski definition) is 1. The number of carbonyl (C=O) groups is 1. The molecule has 120 valence electrons. The predicted octanol–water partition coefficient (Wildman–Crippen LogP) is 3.44. The second-order valence-corrected chi connectivity index (χ2v) is 5.42. The summed E-state index contributed by atoms with van der Waals surface area (Å²) in [5.41, 5.74) is 1.92. The van der Waals surface area contributed by atoms with E-state index in [0.29, 0.717) is 25.3 Å². The molecule has 0 saturated carbocycles. The molecule has 0 atom stereocenters. The third kappa shape index (κ3) is 4.00. The molecule has 23 heavy (non-hydrogen) atoms. The lowest BCUT2D eigenvalue weighted by Gasteiger charge is -2.16. The van der Waals surface area contributed by atoms with E-state index in [1.807, 2.05) is 29.2 Å². The molecule has 2 aromatic rings. The van der Waals surface area contributed by atoms with Gasteiger partial charge in [-0.25, -0.2) is 4.39 Å². The van der Waals surface area contributed by atoms with E-state index < -0.39 is 0 Å². The van der Waals surface area contributed by atoms with Gasteiger partial charge in [0.15, 0.2) is 0 Å². The minimum absolute atomic E-state index is 0.193. The zero-order chi connectivity index (χ0) is 16.1. The summed E-state index contributed by atoms with van der Waals surface area (Å²) < 4.78 is 18.3. The number of benzene rings is 2. The van der Waals surface area contributed by atoms with E-state index >= 15 is 0 Å². The quantitative estimate of drug-likeness (QED) is 0.831. The summed E-state index contributed by atoms with van der Waals surface area (Å²) in [6, 6.07) is 13.8. The molecule has 2 aromatic carbocycles. The first-order valence-corrected chi connectivity index (χ1v) is 7.75. The van der Waals surface area contributed by atoms with E-state index in [1.54, 1.807) is 12.1 Å². The van der Waals surface area contributed by atoms with Crippen molar-refractivity contribution in [3.63, 3.8) is 0 Å². The molecule has 3 rings (SSSR count). The van der Waals surface area contributed by atoms with Crippen molar-refractivity contribution in [1.29, 1.82) is 0 Å². The predicted molar refractivity (Wildman–Crippen MR) is 88.4 cm³/mol. The van der Waals surface area contributed by atoms with Gasteiger partial charge in [0, 0.05) is 30.9 Å². The van der Waals surface area contributed by atoms with Crippen LogP contribution in [0.25, 0.3) is 0 Å². The number of amides is 1. The minimum atomic E-state index is -0.271. The van der Waals surface area contributed by atoms with Gasteiger partial charge in [-0.2, -0.15) is 0 Å². The SMILES string of the molecule is O=C1CCCN1c1ccc(NCCOc2ccc(F)cc2)cc1. The van der Waals surface area contributed by atoms with Crippen LogP contribution in [0.4, 0.5) is 15.8 Å². The molecule has 1 heterocycles. The Balaban J connectivity index is 1.45. The molecule has 1 amide bonds. The van der Waals surface area contributed by atoms with Gasteiger partial charge in [-0.15, -0.1) is 0 Å². The Morgan fingerprint density at radius 3 is 2.48 bits per heavy atom. The Morgan fingerprint density at radius 2 is 1.83 bits per heavy atom. The maximum Gasteiger partial charge on any atom is 0.227 e. The fourth-order valence-corrected chi connectivity index (χ4v) is 2.58. The van der Waals surface area contributed by atoms with Crippen molar-refractivity contribution in [3.8, 4) is 5.75 Å². The van der Waals surface area contributed by atoms with E-state index in [4.69, 9.17) is 4.74 Å². The van der Waals surface area contributed by atoms with Crippen molar-refractivity contribution in [1.82, 2.24) is 0 Å². The van der Waals surface area contributed by atoms with Crippen LogP contribution in [0.15, 0.2) is 48.5 Å². The van der Waals surface area contributed by atoms with Gasteiger partial charge in [0.05, 0.1) is 0 Å². The number of anilines is 2. The van der Waals surface area contributed by atoms with E-state index in [9.17, 15) is 9.18 Å². The lowest BCUT2D eigenvalue weighted by atomic mass is 10.2. The van der Waals surface area contributed by atoms with Gasteiger partial charge >= 0.3 is 0 Å². The summed E-state index contributed by atoms with van der Waals surface area (Å²) >= 11 is 0. The highest BCUT2D eigenvalue weighted by Crippen LogP contribution is 2.22. The first kappa shape index (κ1) is 15.3. The third-order valence-corrected chi connectivity index (χ3v) is 3.77. The maximum atomic E-state index is 12.8. The average Bonchev–Trinajstić information content (AvgIpc) is 3.00. The first-order chi connectivity index (χ1) is 11.2. The summed E-state index contributed by atoms with van der Waals surface area (Å²) in [5, 5.41) is 3.25. The number of nitrogens with zero attached hydrogens (tertiary/aromatic N) is 1.